The van der Waals surface area contributed by atoms with Crippen LogP contribution < -0.4 is 4.74 Å². The maximum Gasteiger partial charge on any atom is 0.226 e. The molecule has 0 aliphatic carbocycles. The maximum atomic E-state index is 13.5. The summed E-state index contributed by atoms with van der Waals surface area (Å²) in [5.41, 5.74) is 1.59. The third-order valence-corrected chi connectivity index (χ3v) is 3.44. The van der Waals surface area contributed by atoms with Crippen molar-refractivity contribution in [3.63, 3.8) is 0 Å². The summed E-state index contributed by atoms with van der Waals surface area (Å²) in [6.45, 7) is 2.88. The zero-order chi connectivity index (χ0) is 15.9. The molecule has 0 N–H and O–H groups in total. The van der Waals surface area contributed by atoms with Gasteiger partial charge in [-0.2, -0.15) is 0 Å². The average Bonchev–Trinajstić information content (AvgIpc) is 2.51. The number of amides is 1. The number of ether oxygens (including phenoxy) is 1. The van der Waals surface area contributed by atoms with Gasteiger partial charge < -0.3 is 9.64 Å². The third kappa shape index (κ3) is 4.58. The molecule has 116 valence electrons. The molecule has 0 saturated carbocycles. The Labute approximate surface area is 130 Å². The standard InChI is InChI=1S/C18H20FNO2/c1-14-7-9-16(10-8-14)22-12-11-20(2)18(21)13-15-5-3-4-6-17(15)19/h3-10H,11-13H2,1-2H3. The zero-order valence-electron chi connectivity index (χ0n) is 12.9. The zero-order valence-corrected chi connectivity index (χ0v) is 12.9. The Morgan fingerprint density at radius 1 is 1.14 bits per heavy atom. The largest absolute Gasteiger partial charge is 0.492 e. The van der Waals surface area contributed by atoms with Gasteiger partial charge >= 0.3 is 0 Å². The molecule has 0 aliphatic heterocycles. The topological polar surface area (TPSA) is 29.5 Å². The fourth-order valence-electron chi connectivity index (χ4n) is 2.00. The lowest BCUT2D eigenvalue weighted by Gasteiger charge is -2.17. The van der Waals surface area contributed by atoms with Crippen molar-refractivity contribution >= 4 is 5.91 Å². The molecule has 0 radical (unpaired) electrons. The summed E-state index contributed by atoms with van der Waals surface area (Å²) in [6, 6.07) is 14.1. The Morgan fingerprint density at radius 3 is 2.50 bits per heavy atom. The third-order valence-electron chi connectivity index (χ3n) is 3.44. The van der Waals surface area contributed by atoms with Gasteiger partial charge in [0.15, 0.2) is 0 Å². The summed E-state index contributed by atoms with van der Waals surface area (Å²) < 4.78 is 19.1. The van der Waals surface area contributed by atoms with Crippen LogP contribution in [0.2, 0.25) is 0 Å². The lowest BCUT2D eigenvalue weighted by atomic mass is 10.1. The fraction of sp³-hybridized carbons (Fsp3) is 0.278. The summed E-state index contributed by atoms with van der Waals surface area (Å²) >= 11 is 0. The van der Waals surface area contributed by atoms with Gasteiger partial charge in [0.25, 0.3) is 0 Å². The summed E-state index contributed by atoms with van der Waals surface area (Å²) in [4.78, 5) is 13.6. The van der Waals surface area contributed by atoms with Crippen molar-refractivity contribution in [2.75, 3.05) is 20.2 Å². The van der Waals surface area contributed by atoms with E-state index in [-0.39, 0.29) is 18.1 Å². The molecule has 0 aromatic heterocycles. The highest BCUT2D eigenvalue weighted by atomic mass is 19.1. The normalized spacial score (nSPS) is 10.3. The Balaban J connectivity index is 1.79. The van der Waals surface area contributed by atoms with E-state index in [2.05, 4.69) is 0 Å². The Morgan fingerprint density at radius 2 is 1.82 bits per heavy atom. The first-order chi connectivity index (χ1) is 10.6. The van der Waals surface area contributed by atoms with Crippen LogP contribution >= 0.6 is 0 Å². The van der Waals surface area contributed by atoms with Crippen LogP contribution in [0.5, 0.6) is 5.75 Å². The molecule has 0 atom stereocenters. The monoisotopic (exact) mass is 301 g/mol. The molecule has 0 fully saturated rings. The second-order valence-electron chi connectivity index (χ2n) is 5.24. The molecule has 1 amide bonds. The molecular formula is C18H20FNO2. The van der Waals surface area contributed by atoms with Crippen molar-refractivity contribution in [2.24, 2.45) is 0 Å². The number of likely N-dealkylation sites (N-methyl/N-ethyl adjacent to an activating group) is 1. The molecule has 3 nitrogen and oxygen atoms in total. The molecule has 0 saturated heterocycles. The van der Waals surface area contributed by atoms with Crippen LogP contribution in [0.4, 0.5) is 4.39 Å². The first kappa shape index (κ1) is 16.0. The highest BCUT2D eigenvalue weighted by Gasteiger charge is 2.12. The fourth-order valence-corrected chi connectivity index (χ4v) is 2.00. The Bertz CT molecular complexity index is 625. The number of nitrogens with zero attached hydrogens (tertiary/aromatic N) is 1. The van der Waals surface area contributed by atoms with Gasteiger partial charge in [0.2, 0.25) is 5.91 Å². The molecule has 2 rings (SSSR count). The second kappa shape index (κ2) is 7.59. The first-order valence-electron chi connectivity index (χ1n) is 7.23. The number of benzene rings is 2. The van der Waals surface area contributed by atoms with Crippen LogP contribution in [0.1, 0.15) is 11.1 Å². The molecule has 2 aromatic rings. The van der Waals surface area contributed by atoms with Gasteiger partial charge in [-0.05, 0) is 30.7 Å². The van der Waals surface area contributed by atoms with Crippen LogP contribution in [-0.4, -0.2) is 31.0 Å². The van der Waals surface area contributed by atoms with Crippen molar-refractivity contribution < 1.29 is 13.9 Å². The lowest BCUT2D eigenvalue weighted by molar-refractivity contribution is -0.129. The van der Waals surface area contributed by atoms with Gasteiger partial charge in [-0.15, -0.1) is 0 Å². The van der Waals surface area contributed by atoms with Crippen LogP contribution in [0, 0.1) is 12.7 Å². The predicted molar refractivity (Wildman–Crippen MR) is 84.4 cm³/mol. The Hall–Kier alpha value is -2.36. The molecular weight excluding hydrogens is 281 g/mol. The second-order valence-corrected chi connectivity index (χ2v) is 5.24. The van der Waals surface area contributed by atoms with Gasteiger partial charge in [0.05, 0.1) is 13.0 Å². The molecule has 0 heterocycles. The van der Waals surface area contributed by atoms with E-state index in [0.29, 0.717) is 18.7 Å². The summed E-state index contributed by atoms with van der Waals surface area (Å²) in [7, 11) is 1.70. The summed E-state index contributed by atoms with van der Waals surface area (Å²) in [6.07, 6.45) is 0.0632. The van der Waals surface area contributed by atoms with Crippen molar-refractivity contribution in [1.82, 2.24) is 4.90 Å². The van der Waals surface area contributed by atoms with Crippen molar-refractivity contribution in [2.45, 2.75) is 13.3 Å². The van der Waals surface area contributed by atoms with Crippen molar-refractivity contribution in [3.05, 3.63) is 65.5 Å². The van der Waals surface area contributed by atoms with E-state index in [1.807, 2.05) is 31.2 Å². The van der Waals surface area contributed by atoms with Crippen LogP contribution in [0.3, 0.4) is 0 Å². The molecule has 0 unspecified atom stereocenters. The number of hydrogen-bond acceptors (Lipinski definition) is 2. The van der Waals surface area contributed by atoms with E-state index >= 15 is 0 Å². The molecule has 0 bridgehead atoms. The van der Waals surface area contributed by atoms with Gasteiger partial charge in [-0.25, -0.2) is 4.39 Å². The first-order valence-corrected chi connectivity index (χ1v) is 7.23. The predicted octanol–water partition coefficient (Wildman–Crippen LogP) is 3.21. The van der Waals surface area contributed by atoms with E-state index in [1.54, 1.807) is 30.1 Å². The van der Waals surface area contributed by atoms with E-state index in [9.17, 15) is 9.18 Å². The highest BCUT2D eigenvalue weighted by Crippen LogP contribution is 2.11. The van der Waals surface area contributed by atoms with Crippen LogP contribution in [0.25, 0.3) is 0 Å². The number of carbonyl (C=O) groups is 1. The van der Waals surface area contributed by atoms with Gasteiger partial charge in [0, 0.05) is 7.05 Å². The number of aryl methyl sites for hydroxylation is 1. The van der Waals surface area contributed by atoms with E-state index < -0.39 is 0 Å². The number of halogens is 1. The molecule has 0 spiro atoms. The minimum atomic E-state index is -0.347. The van der Waals surface area contributed by atoms with Gasteiger partial charge in [0.1, 0.15) is 18.2 Å². The molecule has 2 aromatic carbocycles. The average molecular weight is 301 g/mol. The van der Waals surface area contributed by atoms with Gasteiger partial charge in [-0.1, -0.05) is 35.9 Å². The highest BCUT2D eigenvalue weighted by molar-refractivity contribution is 5.78. The molecule has 0 aliphatic rings. The Kier molecular flexibility index (Phi) is 5.53. The number of hydrogen-bond donors (Lipinski definition) is 0. The molecule has 4 heteroatoms. The SMILES string of the molecule is Cc1ccc(OCCN(C)C(=O)Cc2ccccc2F)cc1. The number of rotatable bonds is 6. The minimum absolute atomic E-state index is 0.0632. The van der Waals surface area contributed by atoms with E-state index in [0.717, 1.165) is 5.75 Å². The minimum Gasteiger partial charge on any atom is -0.492 e. The van der Waals surface area contributed by atoms with Crippen molar-refractivity contribution in [3.8, 4) is 5.75 Å². The quantitative estimate of drug-likeness (QED) is 0.820. The maximum absolute atomic E-state index is 13.5. The van der Waals surface area contributed by atoms with E-state index in [1.165, 1.54) is 11.6 Å². The summed E-state index contributed by atoms with van der Waals surface area (Å²) in [5, 5.41) is 0. The van der Waals surface area contributed by atoms with E-state index in [4.69, 9.17) is 4.74 Å². The summed E-state index contributed by atoms with van der Waals surface area (Å²) in [5.74, 6) is 0.304. The van der Waals surface area contributed by atoms with Crippen LogP contribution in [0.15, 0.2) is 48.5 Å². The number of carbonyl (C=O) groups excluding carboxylic acids is 1. The lowest BCUT2D eigenvalue weighted by Crippen LogP contribution is -2.32. The molecule has 22 heavy (non-hydrogen) atoms. The smallest absolute Gasteiger partial charge is 0.226 e. The van der Waals surface area contributed by atoms with Crippen LogP contribution in [-0.2, 0) is 11.2 Å². The van der Waals surface area contributed by atoms with Gasteiger partial charge in [-0.3, -0.25) is 4.79 Å². The van der Waals surface area contributed by atoms with Crippen molar-refractivity contribution in [1.29, 1.82) is 0 Å².